The van der Waals surface area contributed by atoms with E-state index in [4.69, 9.17) is 4.74 Å². The Balaban J connectivity index is 1.69. The molecule has 4 nitrogen and oxygen atoms in total. The van der Waals surface area contributed by atoms with Crippen molar-refractivity contribution in [1.82, 2.24) is 4.90 Å². The van der Waals surface area contributed by atoms with Crippen molar-refractivity contribution in [1.29, 1.82) is 0 Å². The van der Waals surface area contributed by atoms with Gasteiger partial charge in [0.25, 0.3) is 0 Å². The average molecular weight is 306 g/mol. The normalized spacial score (nSPS) is 23.7. The minimum atomic E-state index is -0.121. The van der Waals surface area contributed by atoms with E-state index in [1.807, 2.05) is 34.9 Å². The first-order chi connectivity index (χ1) is 10.3. The second-order valence-electron chi connectivity index (χ2n) is 5.60. The Hall–Kier alpha value is -1.20. The number of amides is 1. The van der Waals surface area contributed by atoms with E-state index in [1.54, 1.807) is 7.11 Å². The monoisotopic (exact) mass is 306 g/mol. The van der Waals surface area contributed by atoms with Crippen LogP contribution in [0.5, 0.6) is 0 Å². The van der Waals surface area contributed by atoms with Gasteiger partial charge in [0.15, 0.2) is 0 Å². The Bertz CT molecular complexity index is 478. The lowest BCUT2D eigenvalue weighted by molar-refractivity contribution is -0.134. The highest BCUT2D eigenvalue weighted by molar-refractivity contribution is 7.99. The molecule has 0 spiro atoms. The fourth-order valence-corrected chi connectivity index (χ4v) is 4.30. The van der Waals surface area contributed by atoms with Gasteiger partial charge < -0.3 is 15.0 Å². The smallest absolute Gasteiger partial charge is 0.245 e. The number of nitrogens with zero attached hydrogens (tertiary/aromatic N) is 1. The number of hydrogen-bond donors (Lipinski definition) is 1. The quantitative estimate of drug-likeness (QED) is 0.903. The van der Waals surface area contributed by atoms with E-state index in [2.05, 4.69) is 11.4 Å². The second kappa shape index (κ2) is 6.71. The predicted molar refractivity (Wildman–Crippen MR) is 86.9 cm³/mol. The molecule has 2 aliphatic rings. The molecule has 0 bridgehead atoms. The topological polar surface area (TPSA) is 41.6 Å². The summed E-state index contributed by atoms with van der Waals surface area (Å²) in [6.45, 7) is 1.29. The number of ether oxygens (including phenoxy) is 1. The number of benzene rings is 1. The third-order valence-electron chi connectivity index (χ3n) is 4.24. The number of nitrogens with one attached hydrogen (secondary N) is 1. The average Bonchev–Trinajstić information content (AvgIpc) is 3.16. The summed E-state index contributed by atoms with van der Waals surface area (Å²) < 4.78 is 5.19. The van der Waals surface area contributed by atoms with Crippen molar-refractivity contribution in [3.8, 4) is 0 Å². The summed E-state index contributed by atoms with van der Waals surface area (Å²) >= 11 is 1.94. The van der Waals surface area contributed by atoms with Crippen molar-refractivity contribution >= 4 is 23.4 Å². The van der Waals surface area contributed by atoms with Crippen LogP contribution in [0.15, 0.2) is 24.3 Å². The standard InChI is InChI=1S/C16H22N2O2S/c1-20-8-7-18(13-6-9-21-11-13)16(19)15-10-12-4-2-3-5-14(12)17-15/h2-5,13,15,17H,6-11H2,1H3/t13?,15-/m0/s1. The Kier molecular flexibility index (Phi) is 4.70. The van der Waals surface area contributed by atoms with Gasteiger partial charge in [-0.15, -0.1) is 0 Å². The van der Waals surface area contributed by atoms with Crippen LogP contribution in [-0.4, -0.2) is 54.7 Å². The van der Waals surface area contributed by atoms with Crippen LogP contribution in [0.3, 0.4) is 0 Å². The summed E-state index contributed by atoms with van der Waals surface area (Å²) in [5.41, 5.74) is 2.34. The highest BCUT2D eigenvalue weighted by Crippen LogP contribution is 2.28. The number of thioether (sulfide) groups is 1. The van der Waals surface area contributed by atoms with Crippen LogP contribution in [0.4, 0.5) is 5.69 Å². The number of para-hydroxylation sites is 1. The van der Waals surface area contributed by atoms with E-state index >= 15 is 0 Å². The summed E-state index contributed by atoms with van der Waals surface area (Å²) in [6.07, 6.45) is 1.89. The number of carbonyl (C=O) groups is 1. The molecule has 0 saturated carbocycles. The molecule has 5 heteroatoms. The Labute approximate surface area is 130 Å². The van der Waals surface area contributed by atoms with E-state index in [-0.39, 0.29) is 11.9 Å². The zero-order valence-corrected chi connectivity index (χ0v) is 13.2. The lowest BCUT2D eigenvalue weighted by atomic mass is 10.1. The van der Waals surface area contributed by atoms with Crippen molar-refractivity contribution in [2.24, 2.45) is 0 Å². The zero-order chi connectivity index (χ0) is 14.7. The first kappa shape index (κ1) is 14.7. The molecule has 2 heterocycles. The maximum absolute atomic E-state index is 12.9. The first-order valence-electron chi connectivity index (χ1n) is 7.51. The molecule has 2 aliphatic heterocycles. The number of carbonyl (C=O) groups excluding carboxylic acids is 1. The SMILES string of the molecule is COCCN(C(=O)[C@@H]1Cc2ccccc2N1)C1CCSC1. The largest absolute Gasteiger partial charge is 0.383 e. The molecule has 2 atom stereocenters. The predicted octanol–water partition coefficient (Wildman–Crippen LogP) is 2.00. The molecule has 3 rings (SSSR count). The Morgan fingerprint density at radius 1 is 1.48 bits per heavy atom. The van der Waals surface area contributed by atoms with Crippen LogP contribution in [0.1, 0.15) is 12.0 Å². The molecule has 114 valence electrons. The molecule has 1 saturated heterocycles. The zero-order valence-electron chi connectivity index (χ0n) is 12.4. The van der Waals surface area contributed by atoms with Crippen LogP contribution in [0.2, 0.25) is 0 Å². The van der Waals surface area contributed by atoms with Crippen LogP contribution in [0, 0.1) is 0 Å². The van der Waals surface area contributed by atoms with E-state index in [9.17, 15) is 4.79 Å². The van der Waals surface area contributed by atoms with E-state index in [1.165, 1.54) is 5.56 Å². The van der Waals surface area contributed by atoms with Gasteiger partial charge in [0.1, 0.15) is 6.04 Å². The van der Waals surface area contributed by atoms with E-state index < -0.39 is 0 Å². The summed E-state index contributed by atoms with van der Waals surface area (Å²) in [4.78, 5) is 14.9. The third-order valence-corrected chi connectivity index (χ3v) is 5.38. The maximum Gasteiger partial charge on any atom is 0.245 e. The molecular weight excluding hydrogens is 284 g/mol. The number of anilines is 1. The molecule has 1 aromatic carbocycles. The van der Waals surface area contributed by atoms with Crippen molar-refractivity contribution in [2.45, 2.75) is 24.9 Å². The lowest BCUT2D eigenvalue weighted by Gasteiger charge is -2.30. The Morgan fingerprint density at radius 3 is 3.05 bits per heavy atom. The molecule has 1 fully saturated rings. The van der Waals surface area contributed by atoms with Gasteiger partial charge in [0.05, 0.1) is 6.61 Å². The Morgan fingerprint density at radius 2 is 2.33 bits per heavy atom. The number of hydrogen-bond acceptors (Lipinski definition) is 4. The second-order valence-corrected chi connectivity index (χ2v) is 6.75. The van der Waals surface area contributed by atoms with Crippen molar-refractivity contribution < 1.29 is 9.53 Å². The van der Waals surface area contributed by atoms with Crippen LogP contribution in [0.25, 0.3) is 0 Å². The first-order valence-corrected chi connectivity index (χ1v) is 8.66. The summed E-state index contributed by atoms with van der Waals surface area (Å²) in [5.74, 6) is 2.42. The van der Waals surface area contributed by atoms with Gasteiger partial charge >= 0.3 is 0 Å². The summed E-state index contributed by atoms with van der Waals surface area (Å²) in [5, 5.41) is 3.38. The maximum atomic E-state index is 12.9. The summed E-state index contributed by atoms with van der Waals surface area (Å²) in [6, 6.07) is 8.43. The molecule has 0 radical (unpaired) electrons. The van der Waals surface area contributed by atoms with Crippen LogP contribution in [-0.2, 0) is 16.0 Å². The summed E-state index contributed by atoms with van der Waals surface area (Å²) in [7, 11) is 1.69. The molecule has 0 aromatic heterocycles. The number of methoxy groups -OCH3 is 1. The molecule has 1 aromatic rings. The fourth-order valence-electron chi connectivity index (χ4n) is 3.08. The molecule has 1 amide bonds. The molecular formula is C16H22N2O2S. The highest BCUT2D eigenvalue weighted by Gasteiger charge is 2.34. The third kappa shape index (κ3) is 3.19. The minimum Gasteiger partial charge on any atom is -0.383 e. The van der Waals surface area contributed by atoms with Gasteiger partial charge in [0.2, 0.25) is 5.91 Å². The van der Waals surface area contributed by atoms with Gasteiger partial charge in [-0.1, -0.05) is 18.2 Å². The van der Waals surface area contributed by atoms with Crippen molar-refractivity contribution in [3.63, 3.8) is 0 Å². The van der Waals surface area contributed by atoms with Gasteiger partial charge in [-0.05, 0) is 23.8 Å². The van der Waals surface area contributed by atoms with Gasteiger partial charge in [-0.2, -0.15) is 11.8 Å². The van der Waals surface area contributed by atoms with Crippen molar-refractivity contribution in [3.05, 3.63) is 29.8 Å². The molecule has 1 unspecified atom stereocenters. The highest BCUT2D eigenvalue weighted by atomic mass is 32.2. The minimum absolute atomic E-state index is 0.121. The molecule has 1 N–H and O–H groups in total. The van der Waals surface area contributed by atoms with Crippen molar-refractivity contribution in [2.75, 3.05) is 37.1 Å². The van der Waals surface area contributed by atoms with Gasteiger partial charge in [-0.3, -0.25) is 4.79 Å². The van der Waals surface area contributed by atoms with Gasteiger partial charge in [-0.25, -0.2) is 0 Å². The molecule has 21 heavy (non-hydrogen) atoms. The van der Waals surface area contributed by atoms with E-state index in [0.29, 0.717) is 19.2 Å². The fraction of sp³-hybridized carbons (Fsp3) is 0.562. The lowest BCUT2D eigenvalue weighted by Crippen LogP contribution is -2.49. The number of fused-ring (bicyclic) bond motifs is 1. The van der Waals surface area contributed by atoms with Crippen LogP contribution < -0.4 is 5.32 Å². The molecule has 0 aliphatic carbocycles. The van der Waals surface area contributed by atoms with E-state index in [0.717, 1.165) is 30.0 Å². The van der Waals surface area contributed by atoms with Gasteiger partial charge in [0, 0.05) is 37.6 Å². The number of rotatable bonds is 5. The van der Waals surface area contributed by atoms with Crippen LogP contribution >= 0.6 is 11.8 Å².